The van der Waals surface area contributed by atoms with Crippen LogP contribution in [0, 0.1) is 13.8 Å². The summed E-state index contributed by atoms with van der Waals surface area (Å²) in [7, 11) is 0. The van der Waals surface area contributed by atoms with Gasteiger partial charge >= 0.3 is 0 Å². The molecule has 2 nitrogen and oxygen atoms in total. The van der Waals surface area contributed by atoms with Crippen LogP contribution in [0.3, 0.4) is 0 Å². The highest BCUT2D eigenvalue weighted by molar-refractivity contribution is 9.10. The molecule has 0 saturated carbocycles. The Bertz CT molecular complexity index is 580. The van der Waals surface area contributed by atoms with Gasteiger partial charge in [0.25, 0.3) is 0 Å². The van der Waals surface area contributed by atoms with Crippen molar-refractivity contribution in [3.63, 3.8) is 0 Å². The number of rotatable bonds is 4. The summed E-state index contributed by atoms with van der Waals surface area (Å²) >= 11 is 9.47. The Balaban J connectivity index is 2.04. The molecule has 0 aliphatic heterocycles. The molecule has 0 fully saturated rings. The second-order valence-corrected chi connectivity index (χ2v) is 6.00. The van der Waals surface area contributed by atoms with Crippen LogP contribution < -0.4 is 5.32 Å². The summed E-state index contributed by atoms with van der Waals surface area (Å²) in [4.78, 5) is 0. The van der Waals surface area contributed by atoms with Crippen LogP contribution in [0.1, 0.15) is 35.6 Å². The standard InChI is InChI=1S/C15H17BrClNO/c1-9-6-14(11(3)19-9)10(2)18-8-12-4-5-13(17)7-15(12)16/h4-7,10,18H,8H2,1-3H3. The Labute approximate surface area is 127 Å². The van der Waals surface area contributed by atoms with Gasteiger partial charge in [-0.3, -0.25) is 0 Å². The predicted octanol–water partition coefficient (Wildman–Crippen LogP) is 5.16. The molecule has 0 bridgehead atoms. The van der Waals surface area contributed by atoms with E-state index >= 15 is 0 Å². The van der Waals surface area contributed by atoms with Crippen LogP contribution in [0.5, 0.6) is 0 Å². The van der Waals surface area contributed by atoms with Crippen molar-refractivity contribution < 1.29 is 4.42 Å². The largest absolute Gasteiger partial charge is 0.466 e. The minimum absolute atomic E-state index is 0.250. The molecule has 0 saturated heterocycles. The van der Waals surface area contributed by atoms with Crippen molar-refractivity contribution in [2.24, 2.45) is 0 Å². The van der Waals surface area contributed by atoms with E-state index in [0.29, 0.717) is 0 Å². The Morgan fingerprint density at radius 1 is 1.32 bits per heavy atom. The highest BCUT2D eigenvalue weighted by Crippen LogP contribution is 2.24. The molecule has 1 heterocycles. The van der Waals surface area contributed by atoms with Crippen molar-refractivity contribution in [1.82, 2.24) is 5.32 Å². The lowest BCUT2D eigenvalue weighted by molar-refractivity contribution is 0.489. The molecule has 1 atom stereocenters. The molecular weight excluding hydrogens is 326 g/mol. The number of aryl methyl sites for hydroxylation is 2. The molecule has 1 aromatic carbocycles. The summed E-state index contributed by atoms with van der Waals surface area (Å²) in [6, 6.07) is 8.18. The van der Waals surface area contributed by atoms with Crippen LogP contribution in [0.25, 0.3) is 0 Å². The molecule has 4 heteroatoms. The first-order valence-corrected chi connectivity index (χ1v) is 7.38. The highest BCUT2D eigenvalue weighted by atomic mass is 79.9. The van der Waals surface area contributed by atoms with E-state index in [9.17, 15) is 0 Å². The molecule has 0 spiro atoms. The summed E-state index contributed by atoms with van der Waals surface area (Å²) in [5.41, 5.74) is 2.40. The maximum atomic E-state index is 5.94. The normalized spacial score (nSPS) is 12.7. The van der Waals surface area contributed by atoms with E-state index in [0.717, 1.165) is 27.6 Å². The first kappa shape index (κ1) is 14.6. The zero-order valence-corrected chi connectivity index (χ0v) is 13.6. The quantitative estimate of drug-likeness (QED) is 0.830. The lowest BCUT2D eigenvalue weighted by atomic mass is 10.1. The third kappa shape index (κ3) is 3.62. The summed E-state index contributed by atoms with van der Waals surface area (Å²) in [5, 5.41) is 4.24. The highest BCUT2D eigenvalue weighted by Gasteiger charge is 2.12. The molecule has 0 aliphatic rings. The van der Waals surface area contributed by atoms with Gasteiger partial charge in [-0.2, -0.15) is 0 Å². The van der Waals surface area contributed by atoms with E-state index < -0.39 is 0 Å². The van der Waals surface area contributed by atoms with E-state index in [1.165, 1.54) is 11.1 Å². The lowest BCUT2D eigenvalue weighted by Gasteiger charge is -2.14. The van der Waals surface area contributed by atoms with Crippen LogP contribution in [0.2, 0.25) is 5.02 Å². The fraction of sp³-hybridized carbons (Fsp3) is 0.333. The van der Waals surface area contributed by atoms with Gasteiger partial charge in [0.15, 0.2) is 0 Å². The van der Waals surface area contributed by atoms with Crippen LogP contribution >= 0.6 is 27.5 Å². The second kappa shape index (κ2) is 6.12. The molecule has 19 heavy (non-hydrogen) atoms. The number of halogens is 2. The van der Waals surface area contributed by atoms with Gasteiger partial charge in [-0.15, -0.1) is 0 Å². The molecule has 0 amide bonds. The van der Waals surface area contributed by atoms with Crippen molar-refractivity contribution in [3.8, 4) is 0 Å². The van der Waals surface area contributed by atoms with Crippen molar-refractivity contribution in [2.45, 2.75) is 33.4 Å². The zero-order chi connectivity index (χ0) is 14.0. The van der Waals surface area contributed by atoms with E-state index in [1.807, 2.05) is 32.0 Å². The van der Waals surface area contributed by atoms with Gasteiger partial charge in [0.2, 0.25) is 0 Å². The molecular formula is C15H17BrClNO. The van der Waals surface area contributed by atoms with Crippen LogP contribution in [0.4, 0.5) is 0 Å². The van der Waals surface area contributed by atoms with Crippen LogP contribution in [-0.4, -0.2) is 0 Å². The number of nitrogens with one attached hydrogen (secondary N) is 1. The summed E-state index contributed by atoms with van der Waals surface area (Å²) < 4.78 is 6.59. The van der Waals surface area contributed by atoms with Gasteiger partial charge < -0.3 is 9.73 Å². The Morgan fingerprint density at radius 2 is 2.05 bits per heavy atom. The van der Waals surface area contributed by atoms with Gasteiger partial charge in [0.1, 0.15) is 11.5 Å². The molecule has 1 unspecified atom stereocenters. The fourth-order valence-electron chi connectivity index (χ4n) is 2.12. The summed E-state index contributed by atoms with van der Waals surface area (Å²) in [6.45, 7) is 6.89. The van der Waals surface area contributed by atoms with Crippen LogP contribution in [-0.2, 0) is 6.54 Å². The Hall–Kier alpha value is -0.770. The molecule has 1 N–H and O–H groups in total. The van der Waals surface area contributed by atoms with Gasteiger partial charge in [-0.05, 0) is 44.5 Å². The number of hydrogen-bond acceptors (Lipinski definition) is 2. The predicted molar refractivity (Wildman–Crippen MR) is 82.6 cm³/mol. The second-order valence-electron chi connectivity index (χ2n) is 4.71. The fourth-order valence-corrected chi connectivity index (χ4v) is 2.94. The first-order chi connectivity index (χ1) is 8.97. The maximum Gasteiger partial charge on any atom is 0.105 e. The van der Waals surface area contributed by atoms with E-state index in [4.69, 9.17) is 16.0 Å². The van der Waals surface area contributed by atoms with E-state index in [-0.39, 0.29) is 6.04 Å². The smallest absolute Gasteiger partial charge is 0.105 e. The molecule has 0 radical (unpaired) electrons. The minimum Gasteiger partial charge on any atom is -0.466 e. The third-order valence-electron chi connectivity index (χ3n) is 3.16. The van der Waals surface area contributed by atoms with E-state index in [1.54, 1.807) is 0 Å². The number of furan rings is 1. The number of benzene rings is 1. The lowest BCUT2D eigenvalue weighted by Crippen LogP contribution is -2.18. The average Bonchev–Trinajstić information content (AvgIpc) is 2.67. The molecule has 0 aliphatic carbocycles. The molecule has 1 aromatic heterocycles. The van der Waals surface area contributed by atoms with Gasteiger partial charge in [-0.1, -0.05) is 33.6 Å². The summed E-state index contributed by atoms with van der Waals surface area (Å²) in [6.07, 6.45) is 0. The summed E-state index contributed by atoms with van der Waals surface area (Å²) in [5.74, 6) is 1.93. The third-order valence-corrected chi connectivity index (χ3v) is 4.13. The minimum atomic E-state index is 0.250. The SMILES string of the molecule is Cc1cc(C(C)NCc2ccc(Cl)cc2Br)c(C)o1. The van der Waals surface area contributed by atoms with E-state index in [2.05, 4.69) is 34.2 Å². The average molecular weight is 343 g/mol. The molecule has 2 aromatic rings. The first-order valence-electron chi connectivity index (χ1n) is 6.21. The zero-order valence-electron chi connectivity index (χ0n) is 11.3. The number of hydrogen-bond donors (Lipinski definition) is 1. The Morgan fingerprint density at radius 3 is 2.63 bits per heavy atom. The van der Waals surface area contributed by atoms with Gasteiger partial charge in [0.05, 0.1) is 0 Å². The molecule has 2 rings (SSSR count). The topological polar surface area (TPSA) is 25.2 Å². The van der Waals surface area contributed by atoms with Crippen LogP contribution in [0.15, 0.2) is 33.2 Å². The monoisotopic (exact) mass is 341 g/mol. The van der Waals surface area contributed by atoms with Gasteiger partial charge in [-0.25, -0.2) is 0 Å². The Kier molecular flexibility index (Phi) is 4.71. The molecule has 102 valence electrons. The van der Waals surface area contributed by atoms with Crippen molar-refractivity contribution >= 4 is 27.5 Å². The van der Waals surface area contributed by atoms with Crippen molar-refractivity contribution in [2.75, 3.05) is 0 Å². The maximum absolute atomic E-state index is 5.94. The van der Waals surface area contributed by atoms with Crippen molar-refractivity contribution in [3.05, 3.63) is 56.4 Å². The van der Waals surface area contributed by atoms with Gasteiger partial charge in [0, 0.05) is 27.6 Å². The van der Waals surface area contributed by atoms with Crippen molar-refractivity contribution in [1.29, 1.82) is 0 Å².